The van der Waals surface area contributed by atoms with Crippen molar-refractivity contribution in [3.05, 3.63) is 158 Å². The molecule has 0 spiro atoms. The first-order chi connectivity index (χ1) is 23.3. The largest absolute Gasteiger partial charge is 0.228 e. The van der Waals surface area contributed by atoms with Crippen molar-refractivity contribution in [3.63, 3.8) is 0 Å². The maximum Gasteiger partial charge on any atom is 0.161 e. The highest BCUT2D eigenvalue weighted by Gasteiger charge is 2.21. The van der Waals surface area contributed by atoms with Crippen molar-refractivity contribution in [2.45, 2.75) is 0 Å². The Morgan fingerprint density at radius 1 is 0.383 bits per heavy atom. The van der Waals surface area contributed by atoms with Gasteiger partial charge in [-0.3, -0.25) is 0 Å². The van der Waals surface area contributed by atoms with Gasteiger partial charge in [0.15, 0.2) is 5.82 Å². The molecule has 3 heteroatoms. The molecule has 0 bridgehead atoms. The van der Waals surface area contributed by atoms with Crippen LogP contribution < -0.4 is 0 Å². The second-order valence-corrected chi connectivity index (χ2v) is 13.1. The van der Waals surface area contributed by atoms with Gasteiger partial charge in [0.1, 0.15) is 0 Å². The molecule has 47 heavy (non-hydrogen) atoms. The fourth-order valence-corrected chi connectivity index (χ4v) is 8.70. The number of fused-ring (bicyclic) bond motifs is 11. The van der Waals surface area contributed by atoms with Crippen molar-refractivity contribution in [1.82, 2.24) is 9.97 Å². The zero-order valence-corrected chi connectivity index (χ0v) is 26.1. The summed E-state index contributed by atoms with van der Waals surface area (Å²) in [5.74, 6) is 0.731. The molecule has 2 nitrogen and oxygen atoms in total. The van der Waals surface area contributed by atoms with Crippen LogP contribution in [0.4, 0.5) is 0 Å². The summed E-state index contributed by atoms with van der Waals surface area (Å²) in [6, 6.07) is 56.4. The highest BCUT2D eigenvalue weighted by atomic mass is 32.1. The normalized spacial score (nSPS) is 11.8. The summed E-state index contributed by atoms with van der Waals surface area (Å²) in [5, 5.41) is 11.3. The van der Waals surface area contributed by atoms with E-state index in [1.807, 2.05) is 17.4 Å². The van der Waals surface area contributed by atoms with Crippen LogP contribution in [0.15, 0.2) is 158 Å². The second-order valence-electron chi connectivity index (χ2n) is 12.1. The summed E-state index contributed by atoms with van der Waals surface area (Å²) < 4.78 is 2.61. The highest BCUT2D eigenvalue weighted by molar-refractivity contribution is 7.27. The monoisotopic (exact) mass is 614 g/mol. The van der Waals surface area contributed by atoms with E-state index in [2.05, 4.69) is 152 Å². The molecular formula is C44H26N2S. The van der Waals surface area contributed by atoms with Crippen LogP contribution in [-0.4, -0.2) is 9.97 Å². The third-order valence-electron chi connectivity index (χ3n) is 9.46. The summed E-state index contributed by atoms with van der Waals surface area (Å²) in [7, 11) is 0. The maximum atomic E-state index is 5.30. The van der Waals surface area contributed by atoms with Gasteiger partial charge in [0.2, 0.25) is 0 Å². The van der Waals surface area contributed by atoms with Crippen molar-refractivity contribution in [3.8, 4) is 33.8 Å². The van der Waals surface area contributed by atoms with Gasteiger partial charge in [-0.25, -0.2) is 9.97 Å². The number of thiophene rings is 1. The summed E-state index contributed by atoms with van der Waals surface area (Å²) in [6.45, 7) is 0. The van der Waals surface area contributed by atoms with Crippen LogP contribution in [0.2, 0.25) is 0 Å². The fraction of sp³-hybridized carbons (Fsp3) is 0. The van der Waals surface area contributed by atoms with Crippen LogP contribution in [0.1, 0.15) is 0 Å². The van der Waals surface area contributed by atoms with Crippen molar-refractivity contribution >= 4 is 74.7 Å². The number of aromatic nitrogens is 2. The molecule has 10 aromatic rings. The van der Waals surface area contributed by atoms with Gasteiger partial charge in [-0.15, -0.1) is 11.3 Å². The zero-order chi connectivity index (χ0) is 30.9. The number of benzene rings is 8. The van der Waals surface area contributed by atoms with Crippen molar-refractivity contribution in [2.75, 3.05) is 0 Å². The van der Waals surface area contributed by atoms with Crippen LogP contribution >= 0.6 is 11.3 Å². The lowest BCUT2D eigenvalue weighted by atomic mass is 9.88. The van der Waals surface area contributed by atoms with E-state index in [1.165, 1.54) is 58.1 Å². The number of hydrogen-bond acceptors (Lipinski definition) is 3. The fourth-order valence-electron chi connectivity index (χ4n) is 7.41. The molecule has 0 atom stereocenters. The highest BCUT2D eigenvalue weighted by Crippen LogP contribution is 2.49. The van der Waals surface area contributed by atoms with Gasteiger partial charge in [0, 0.05) is 42.1 Å². The lowest BCUT2D eigenvalue weighted by Gasteiger charge is -2.16. The molecule has 0 radical (unpaired) electrons. The molecule has 0 unspecified atom stereocenters. The molecule has 0 saturated carbocycles. The number of rotatable bonds is 3. The van der Waals surface area contributed by atoms with E-state index in [-0.39, 0.29) is 0 Å². The first-order valence-corrected chi connectivity index (χ1v) is 16.7. The molecular weight excluding hydrogens is 589 g/mol. The number of nitrogens with zero attached hydrogens (tertiary/aromatic N) is 2. The third kappa shape index (κ3) is 3.97. The maximum absolute atomic E-state index is 5.30. The predicted molar refractivity (Wildman–Crippen MR) is 201 cm³/mol. The first-order valence-electron chi connectivity index (χ1n) is 15.9. The van der Waals surface area contributed by atoms with Gasteiger partial charge in [-0.1, -0.05) is 140 Å². The van der Waals surface area contributed by atoms with Gasteiger partial charge in [-0.05, 0) is 56.3 Å². The van der Waals surface area contributed by atoms with E-state index >= 15 is 0 Å². The summed E-state index contributed by atoms with van der Waals surface area (Å²) in [6.07, 6.45) is 0. The van der Waals surface area contributed by atoms with Gasteiger partial charge < -0.3 is 0 Å². The van der Waals surface area contributed by atoms with E-state index in [0.29, 0.717) is 0 Å². The van der Waals surface area contributed by atoms with Crippen LogP contribution in [0.25, 0.3) is 97.2 Å². The van der Waals surface area contributed by atoms with Gasteiger partial charge in [-0.2, -0.15) is 0 Å². The van der Waals surface area contributed by atoms with Gasteiger partial charge in [0.05, 0.1) is 11.2 Å². The topological polar surface area (TPSA) is 25.8 Å². The standard InChI is InChI=1S/C44H26N2S/c1-2-14-27(15-3-1)42-34-22-10-12-24-38(34)45-44(46-42)33-21-9-7-19-31(33)37-26-36-30-18-5-4-16-28(30)29-17-6-8-20-32(29)40(36)43-41(37)35-23-11-13-25-39(35)47-43/h1-26H. The van der Waals surface area contributed by atoms with Crippen molar-refractivity contribution in [1.29, 1.82) is 0 Å². The Labute approximate surface area is 275 Å². The quantitative estimate of drug-likeness (QED) is 0.185. The molecule has 8 aromatic carbocycles. The predicted octanol–water partition coefficient (Wildman–Crippen LogP) is 12.5. The molecule has 0 fully saturated rings. The van der Waals surface area contributed by atoms with Crippen LogP contribution in [0.3, 0.4) is 0 Å². The van der Waals surface area contributed by atoms with Crippen LogP contribution in [-0.2, 0) is 0 Å². The smallest absolute Gasteiger partial charge is 0.161 e. The summed E-state index contributed by atoms with van der Waals surface area (Å²) >= 11 is 1.90. The van der Waals surface area contributed by atoms with Crippen LogP contribution in [0, 0.1) is 0 Å². The summed E-state index contributed by atoms with van der Waals surface area (Å²) in [5.41, 5.74) is 6.33. The Morgan fingerprint density at radius 2 is 0.957 bits per heavy atom. The molecule has 10 rings (SSSR count). The SMILES string of the molecule is c1ccc(-c2nc(-c3ccccc3-c3cc4c5ccccc5c5ccccc5c4c4sc5ccccc5c34)nc3ccccc23)cc1. The Bertz CT molecular complexity index is 2850. The minimum atomic E-state index is 0.731. The zero-order valence-electron chi connectivity index (χ0n) is 25.3. The summed E-state index contributed by atoms with van der Waals surface area (Å²) in [4.78, 5) is 10.5. The van der Waals surface area contributed by atoms with E-state index in [0.717, 1.165) is 39.1 Å². The number of hydrogen-bond donors (Lipinski definition) is 0. The average molecular weight is 615 g/mol. The van der Waals surface area contributed by atoms with Crippen LogP contribution in [0.5, 0.6) is 0 Å². The Kier molecular flexibility index (Phi) is 5.78. The van der Waals surface area contributed by atoms with Gasteiger partial charge in [0.25, 0.3) is 0 Å². The van der Waals surface area contributed by atoms with Crippen molar-refractivity contribution < 1.29 is 0 Å². The second kappa shape index (κ2) is 10.3. The minimum absolute atomic E-state index is 0.731. The Balaban J connectivity index is 1.36. The lowest BCUT2D eigenvalue weighted by Crippen LogP contribution is -1.97. The molecule has 0 aliphatic rings. The van der Waals surface area contributed by atoms with E-state index in [1.54, 1.807) is 0 Å². The van der Waals surface area contributed by atoms with E-state index < -0.39 is 0 Å². The molecule has 0 aliphatic heterocycles. The third-order valence-corrected chi connectivity index (χ3v) is 10.7. The van der Waals surface area contributed by atoms with E-state index in [4.69, 9.17) is 9.97 Å². The van der Waals surface area contributed by atoms with E-state index in [9.17, 15) is 0 Å². The molecule has 0 saturated heterocycles. The van der Waals surface area contributed by atoms with Crippen molar-refractivity contribution in [2.24, 2.45) is 0 Å². The lowest BCUT2D eigenvalue weighted by molar-refractivity contribution is 1.23. The molecule has 0 aliphatic carbocycles. The molecule has 0 N–H and O–H groups in total. The number of para-hydroxylation sites is 1. The minimum Gasteiger partial charge on any atom is -0.228 e. The molecule has 2 heterocycles. The first kappa shape index (κ1) is 26.3. The average Bonchev–Trinajstić information content (AvgIpc) is 3.54. The molecule has 2 aromatic heterocycles. The Morgan fingerprint density at radius 3 is 1.74 bits per heavy atom. The Hall–Kier alpha value is -5.90. The molecule has 0 amide bonds. The molecule has 218 valence electrons. The van der Waals surface area contributed by atoms with Gasteiger partial charge >= 0.3 is 0 Å².